The zero-order chi connectivity index (χ0) is 11.5. The number of carbonyl (C=O) groups excluding carboxylic acids is 1. The summed E-state index contributed by atoms with van der Waals surface area (Å²) in [5.74, 6) is 0.754. The van der Waals surface area contributed by atoms with Gasteiger partial charge in [0.1, 0.15) is 12.0 Å². The van der Waals surface area contributed by atoms with Gasteiger partial charge in [0, 0.05) is 10.9 Å². The van der Waals surface area contributed by atoms with Crippen molar-refractivity contribution in [3.63, 3.8) is 0 Å². The molecule has 1 heterocycles. The monoisotopic (exact) mass is 285 g/mol. The van der Waals surface area contributed by atoms with E-state index in [0.29, 0.717) is 16.4 Å². The van der Waals surface area contributed by atoms with Crippen molar-refractivity contribution in [3.8, 4) is 0 Å². The maximum absolute atomic E-state index is 11.8. The Kier molecular flexibility index (Phi) is 3.69. The molecule has 0 aromatic carbocycles. The van der Waals surface area contributed by atoms with Crippen LogP contribution in [0, 0.1) is 6.92 Å². The molecule has 3 nitrogen and oxygen atoms in total. The zero-order valence-electron chi connectivity index (χ0n) is 9.33. The SMILES string of the molecule is Cc1cc(C(=O)NC2CCC(Br)CC2)co1. The van der Waals surface area contributed by atoms with E-state index in [0.717, 1.165) is 31.4 Å². The highest BCUT2D eigenvalue weighted by atomic mass is 79.9. The summed E-state index contributed by atoms with van der Waals surface area (Å²) in [4.78, 5) is 12.4. The van der Waals surface area contributed by atoms with Gasteiger partial charge in [0.15, 0.2) is 0 Å². The summed E-state index contributed by atoms with van der Waals surface area (Å²) in [6.07, 6.45) is 5.89. The minimum absolute atomic E-state index is 0.0186. The molecule has 0 aliphatic heterocycles. The van der Waals surface area contributed by atoms with Crippen molar-refractivity contribution >= 4 is 21.8 Å². The maximum atomic E-state index is 11.8. The molecule has 0 radical (unpaired) electrons. The van der Waals surface area contributed by atoms with E-state index in [9.17, 15) is 4.79 Å². The Labute approximate surface area is 104 Å². The van der Waals surface area contributed by atoms with E-state index < -0.39 is 0 Å². The lowest BCUT2D eigenvalue weighted by Crippen LogP contribution is -2.37. The summed E-state index contributed by atoms with van der Waals surface area (Å²) < 4.78 is 5.12. The minimum atomic E-state index is -0.0186. The first-order valence-electron chi connectivity index (χ1n) is 5.65. The van der Waals surface area contributed by atoms with Gasteiger partial charge in [-0.15, -0.1) is 0 Å². The second kappa shape index (κ2) is 5.04. The maximum Gasteiger partial charge on any atom is 0.254 e. The number of alkyl halides is 1. The van der Waals surface area contributed by atoms with Crippen molar-refractivity contribution in [1.82, 2.24) is 5.32 Å². The summed E-state index contributed by atoms with van der Waals surface area (Å²) >= 11 is 3.60. The molecular formula is C12H16BrNO2. The van der Waals surface area contributed by atoms with Crippen LogP contribution in [0.25, 0.3) is 0 Å². The van der Waals surface area contributed by atoms with Gasteiger partial charge >= 0.3 is 0 Å². The standard InChI is InChI=1S/C12H16BrNO2/c1-8-6-9(7-16-8)12(15)14-11-4-2-10(13)3-5-11/h6-7,10-11H,2-5H2,1H3,(H,14,15). The Hall–Kier alpha value is -0.770. The molecule has 16 heavy (non-hydrogen) atoms. The van der Waals surface area contributed by atoms with Crippen molar-refractivity contribution < 1.29 is 9.21 Å². The van der Waals surface area contributed by atoms with E-state index in [1.165, 1.54) is 6.26 Å². The van der Waals surface area contributed by atoms with Gasteiger partial charge in [-0.3, -0.25) is 4.79 Å². The molecule has 2 rings (SSSR count). The normalized spacial score (nSPS) is 25.4. The Morgan fingerprint density at radius 1 is 1.44 bits per heavy atom. The fourth-order valence-electron chi connectivity index (χ4n) is 2.03. The van der Waals surface area contributed by atoms with Crippen LogP contribution < -0.4 is 5.32 Å². The van der Waals surface area contributed by atoms with Crippen molar-refractivity contribution in [2.75, 3.05) is 0 Å². The highest BCUT2D eigenvalue weighted by molar-refractivity contribution is 9.09. The highest BCUT2D eigenvalue weighted by Crippen LogP contribution is 2.24. The predicted octanol–water partition coefficient (Wildman–Crippen LogP) is 3.02. The van der Waals surface area contributed by atoms with Crippen LogP contribution in [0.5, 0.6) is 0 Å². The number of carbonyl (C=O) groups is 1. The first kappa shape index (κ1) is 11.7. The van der Waals surface area contributed by atoms with Gasteiger partial charge in [-0.05, 0) is 38.7 Å². The third-order valence-electron chi connectivity index (χ3n) is 2.98. The van der Waals surface area contributed by atoms with Gasteiger partial charge < -0.3 is 9.73 Å². The smallest absolute Gasteiger partial charge is 0.254 e. The Balaban J connectivity index is 1.88. The van der Waals surface area contributed by atoms with Gasteiger partial charge in [-0.2, -0.15) is 0 Å². The molecule has 1 aliphatic rings. The molecular weight excluding hydrogens is 270 g/mol. The molecule has 1 aromatic rings. The average Bonchev–Trinajstić information content (AvgIpc) is 2.68. The van der Waals surface area contributed by atoms with Crippen LogP contribution in [-0.2, 0) is 0 Å². The van der Waals surface area contributed by atoms with E-state index in [2.05, 4.69) is 21.2 Å². The van der Waals surface area contributed by atoms with Gasteiger partial charge in [-0.25, -0.2) is 0 Å². The summed E-state index contributed by atoms with van der Waals surface area (Å²) in [7, 11) is 0. The number of nitrogens with one attached hydrogen (secondary N) is 1. The number of furan rings is 1. The Bertz CT molecular complexity index is 367. The second-order valence-electron chi connectivity index (χ2n) is 4.37. The third kappa shape index (κ3) is 2.88. The fraction of sp³-hybridized carbons (Fsp3) is 0.583. The molecule has 1 N–H and O–H groups in total. The van der Waals surface area contributed by atoms with Gasteiger partial charge in [0.05, 0.1) is 5.56 Å². The number of hydrogen-bond acceptors (Lipinski definition) is 2. The van der Waals surface area contributed by atoms with E-state index in [-0.39, 0.29) is 5.91 Å². The fourth-order valence-corrected chi connectivity index (χ4v) is 2.56. The van der Waals surface area contributed by atoms with Crippen LogP contribution in [-0.4, -0.2) is 16.8 Å². The van der Waals surface area contributed by atoms with Gasteiger partial charge in [-0.1, -0.05) is 15.9 Å². The molecule has 1 aromatic heterocycles. The van der Waals surface area contributed by atoms with E-state index >= 15 is 0 Å². The van der Waals surface area contributed by atoms with Crippen molar-refractivity contribution in [1.29, 1.82) is 0 Å². The van der Waals surface area contributed by atoms with Crippen LogP contribution in [0.1, 0.15) is 41.8 Å². The summed E-state index contributed by atoms with van der Waals surface area (Å²) in [6.45, 7) is 1.84. The molecule has 88 valence electrons. The number of halogens is 1. The molecule has 0 atom stereocenters. The van der Waals surface area contributed by atoms with Gasteiger partial charge in [0.25, 0.3) is 5.91 Å². The van der Waals surface area contributed by atoms with E-state index in [1.807, 2.05) is 6.92 Å². The van der Waals surface area contributed by atoms with Crippen molar-refractivity contribution in [2.24, 2.45) is 0 Å². The Morgan fingerprint density at radius 2 is 2.12 bits per heavy atom. The van der Waals surface area contributed by atoms with Crippen molar-refractivity contribution in [3.05, 3.63) is 23.7 Å². The molecule has 1 amide bonds. The molecule has 1 saturated carbocycles. The molecule has 0 unspecified atom stereocenters. The molecule has 4 heteroatoms. The molecule has 0 saturated heterocycles. The summed E-state index contributed by atoms with van der Waals surface area (Å²) in [5.41, 5.74) is 0.624. The summed E-state index contributed by atoms with van der Waals surface area (Å²) in [6, 6.07) is 2.09. The van der Waals surface area contributed by atoms with Crippen LogP contribution >= 0.6 is 15.9 Å². The van der Waals surface area contributed by atoms with E-state index in [1.54, 1.807) is 6.07 Å². The van der Waals surface area contributed by atoms with Crippen LogP contribution in [0.3, 0.4) is 0 Å². The molecule has 0 bridgehead atoms. The number of aryl methyl sites for hydroxylation is 1. The Morgan fingerprint density at radius 3 is 2.69 bits per heavy atom. The number of rotatable bonds is 2. The lowest BCUT2D eigenvalue weighted by molar-refractivity contribution is 0.0927. The van der Waals surface area contributed by atoms with Crippen LogP contribution in [0.15, 0.2) is 16.7 Å². The lowest BCUT2D eigenvalue weighted by Gasteiger charge is -2.25. The van der Waals surface area contributed by atoms with Crippen LogP contribution in [0.2, 0.25) is 0 Å². The third-order valence-corrected chi connectivity index (χ3v) is 3.90. The molecule has 0 spiro atoms. The average molecular weight is 286 g/mol. The number of amides is 1. The van der Waals surface area contributed by atoms with E-state index in [4.69, 9.17) is 4.42 Å². The highest BCUT2D eigenvalue weighted by Gasteiger charge is 2.21. The predicted molar refractivity (Wildman–Crippen MR) is 65.9 cm³/mol. The minimum Gasteiger partial charge on any atom is -0.469 e. The largest absolute Gasteiger partial charge is 0.469 e. The first-order valence-corrected chi connectivity index (χ1v) is 6.57. The second-order valence-corrected chi connectivity index (χ2v) is 5.66. The first-order chi connectivity index (χ1) is 7.65. The van der Waals surface area contributed by atoms with Gasteiger partial charge in [0.2, 0.25) is 0 Å². The molecule has 1 aliphatic carbocycles. The number of hydrogen-bond donors (Lipinski definition) is 1. The summed E-state index contributed by atoms with van der Waals surface area (Å²) in [5, 5.41) is 3.05. The lowest BCUT2D eigenvalue weighted by atomic mass is 9.95. The topological polar surface area (TPSA) is 42.2 Å². The van der Waals surface area contributed by atoms with Crippen molar-refractivity contribution in [2.45, 2.75) is 43.5 Å². The molecule has 1 fully saturated rings. The van der Waals surface area contributed by atoms with Crippen LogP contribution in [0.4, 0.5) is 0 Å². The quantitative estimate of drug-likeness (QED) is 0.849. The zero-order valence-corrected chi connectivity index (χ0v) is 10.9.